The molecule has 1 N–H and O–H groups in total. The van der Waals surface area contributed by atoms with Gasteiger partial charge in [-0.3, -0.25) is 4.79 Å². The van der Waals surface area contributed by atoms with Gasteiger partial charge >= 0.3 is 5.97 Å². The first-order valence-electron chi connectivity index (χ1n) is 6.96. The number of carbonyl (C=O) groups is 1. The summed E-state index contributed by atoms with van der Waals surface area (Å²) in [5.41, 5.74) is -0.385. The van der Waals surface area contributed by atoms with E-state index in [9.17, 15) is 4.79 Å². The lowest BCUT2D eigenvalue weighted by Crippen LogP contribution is -2.27. The minimum absolute atomic E-state index is 0.144. The van der Waals surface area contributed by atoms with Crippen LogP contribution in [-0.4, -0.2) is 37.9 Å². The fourth-order valence-electron chi connectivity index (χ4n) is 1.36. The Hall–Kier alpha value is -0.610. The van der Waals surface area contributed by atoms with E-state index in [1.165, 1.54) is 6.42 Å². The Labute approximate surface area is 111 Å². The van der Waals surface area contributed by atoms with Gasteiger partial charge in [0, 0.05) is 19.8 Å². The molecule has 0 unspecified atom stereocenters. The fourth-order valence-corrected chi connectivity index (χ4v) is 1.36. The minimum atomic E-state index is -0.385. The van der Waals surface area contributed by atoms with E-state index in [1.807, 2.05) is 20.8 Å². The Morgan fingerprint density at radius 3 is 2.39 bits per heavy atom. The quantitative estimate of drug-likeness (QED) is 0.484. The molecule has 0 aromatic rings. The van der Waals surface area contributed by atoms with Crippen molar-refractivity contribution in [3.63, 3.8) is 0 Å². The number of carbonyl (C=O) groups excluding carboxylic acids is 1. The Morgan fingerprint density at radius 1 is 1.11 bits per heavy atom. The first-order chi connectivity index (χ1) is 8.45. The van der Waals surface area contributed by atoms with Crippen molar-refractivity contribution < 1.29 is 14.3 Å². The van der Waals surface area contributed by atoms with Gasteiger partial charge in [0.25, 0.3) is 0 Å². The van der Waals surface area contributed by atoms with Crippen LogP contribution in [0.1, 0.15) is 53.4 Å². The van der Waals surface area contributed by atoms with Crippen LogP contribution in [0.15, 0.2) is 0 Å². The van der Waals surface area contributed by atoms with Crippen molar-refractivity contribution in [1.29, 1.82) is 0 Å². The Kier molecular flexibility index (Phi) is 9.98. The Bertz CT molecular complexity index is 212. The highest BCUT2D eigenvalue weighted by atomic mass is 16.6. The topological polar surface area (TPSA) is 47.6 Å². The fraction of sp³-hybridized carbons (Fsp3) is 0.929. The molecule has 4 nitrogen and oxygen atoms in total. The first-order valence-corrected chi connectivity index (χ1v) is 6.96. The lowest BCUT2D eigenvalue weighted by Gasteiger charge is -2.19. The molecule has 0 radical (unpaired) electrons. The van der Waals surface area contributed by atoms with Crippen molar-refractivity contribution in [2.24, 2.45) is 0 Å². The second-order valence-corrected chi connectivity index (χ2v) is 5.41. The smallest absolute Gasteiger partial charge is 0.307 e. The number of hydrogen-bond acceptors (Lipinski definition) is 4. The van der Waals surface area contributed by atoms with Gasteiger partial charge < -0.3 is 14.8 Å². The first kappa shape index (κ1) is 17.4. The maximum Gasteiger partial charge on any atom is 0.307 e. The zero-order valence-corrected chi connectivity index (χ0v) is 12.4. The predicted octanol–water partition coefficient (Wildman–Crippen LogP) is 2.51. The molecule has 4 heteroatoms. The van der Waals surface area contributed by atoms with E-state index in [0.29, 0.717) is 13.0 Å². The molecule has 0 aliphatic heterocycles. The molecule has 0 aliphatic carbocycles. The van der Waals surface area contributed by atoms with Gasteiger partial charge in [-0.05, 0) is 40.2 Å². The molecule has 0 aromatic heterocycles. The van der Waals surface area contributed by atoms with Crippen molar-refractivity contribution in [3.8, 4) is 0 Å². The van der Waals surface area contributed by atoms with Crippen LogP contribution in [0.3, 0.4) is 0 Å². The highest BCUT2D eigenvalue weighted by Crippen LogP contribution is 2.07. The number of ether oxygens (including phenoxy) is 2. The maximum absolute atomic E-state index is 11.4. The third-order valence-electron chi connectivity index (χ3n) is 2.21. The molecule has 0 fully saturated rings. The second-order valence-electron chi connectivity index (χ2n) is 5.41. The van der Waals surface area contributed by atoms with Gasteiger partial charge in [0.1, 0.15) is 5.60 Å². The Morgan fingerprint density at radius 2 is 1.78 bits per heavy atom. The van der Waals surface area contributed by atoms with Crippen LogP contribution in [0, 0.1) is 0 Å². The van der Waals surface area contributed by atoms with E-state index in [0.717, 1.165) is 32.6 Å². The van der Waals surface area contributed by atoms with E-state index in [2.05, 4.69) is 12.2 Å². The summed E-state index contributed by atoms with van der Waals surface area (Å²) in [5.74, 6) is -0.144. The van der Waals surface area contributed by atoms with Crippen LogP contribution in [-0.2, 0) is 14.3 Å². The number of nitrogens with one attached hydrogen (secondary N) is 1. The van der Waals surface area contributed by atoms with Gasteiger partial charge in [-0.2, -0.15) is 0 Å². The molecule has 0 aromatic carbocycles. The van der Waals surface area contributed by atoms with Gasteiger partial charge in [0.05, 0.1) is 6.42 Å². The summed E-state index contributed by atoms with van der Waals surface area (Å²) in [7, 11) is 0. The molecule has 0 amide bonds. The van der Waals surface area contributed by atoms with E-state index < -0.39 is 0 Å². The maximum atomic E-state index is 11.4. The number of unbranched alkanes of at least 4 members (excludes halogenated alkanes) is 1. The normalized spacial score (nSPS) is 11.6. The van der Waals surface area contributed by atoms with Crippen molar-refractivity contribution in [3.05, 3.63) is 0 Å². The van der Waals surface area contributed by atoms with Crippen LogP contribution >= 0.6 is 0 Å². The monoisotopic (exact) mass is 259 g/mol. The SMILES string of the molecule is CCCCOCCCNCCC(=O)OC(C)(C)C. The molecule has 0 heterocycles. The number of rotatable bonds is 10. The Balaban J connectivity index is 3.23. The van der Waals surface area contributed by atoms with E-state index >= 15 is 0 Å². The molecule has 18 heavy (non-hydrogen) atoms. The van der Waals surface area contributed by atoms with Crippen LogP contribution < -0.4 is 5.32 Å². The molecule has 0 spiro atoms. The van der Waals surface area contributed by atoms with Crippen LogP contribution in [0.4, 0.5) is 0 Å². The van der Waals surface area contributed by atoms with Crippen LogP contribution in [0.25, 0.3) is 0 Å². The molecule has 0 bridgehead atoms. The third kappa shape index (κ3) is 13.5. The van der Waals surface area contributed by atoms with E-state index in [4.69, 9.17) is 9.47 Å². The van der Waals surface area contributed by atoms with E-state index in [-0.39, 0.29) is 11.6 Å². The minimum Gasteiger partial charge on any atom is -0.460 e. The van der Waals surface area contributed by atoms with Gasteiger partial charge in [-0.15, -0.1) is 0 Å². The summed E-state index contributed by atoms with van der Waals surface area (Å²) in [4.78, 5) is 11.4. The van der Waals surface area contributed by atoms with Crippen molar-refractivity contribution in [1.82, 2.24) is 5.32 Å². The van der Waals surface area contributed by atoms with Crippen molar-refractivity contribution in [2.45, 2.75) is 59.0 Å². The molecular formula is C14H29NO3. The number of hydrogen-bond donors (Lipinski definition) is 1. The average Bonchev–Trinajstić information content (AvgIpc) is 2.24. The molecule has 0 atom stereocenters. The highest BCUT2D eigenvalue weighted by Gasteiger charge is 2.15. The standard InChI is InChI=1S/C14H29NO3/c1-5-6-11-17-12-7-9-15-10-8-13(16)18-14(2,3)4/h15H,5-12H2,1-4H3. The van der Waals surface area contributed by atoms with Gasteiger partial charge in [0.2, 0.25) is 0 Å². The predicted molar refractivity (Wildman–Crippen MR) is 73.7 cm³/mol. The molecule has 0 saturated carbocycles. The molecule has 108 valence electrons. The second kappa shape index (κ2) is 10.3. The summed E-state index contributed by atoms with van der Waals surface area (Å²) in [6, 6.07) is 0. The van der Waals surface area contributed by atoms with E-state index in [1.54, 1.807) is 0 Å². The summed E-state index contributed by atoms with van der Waals surface area (Å²) >= 11 is 0. The van der Waals surface area contributed by atoms with Crippen LogP contribution in [0.5, 0.6) is 0 Å². The van der Waals surface area contributed by atoms with Crippen LogP contribution in [0.2, 0.25) is 0 Å². The summed E-state index contributed by atoms with van der Waals surface area (Å²) in [6.07, 6.45) is 3.71. The summed E-state index contributed by atoms with van der Waals surface area (Å²) in [6.45, 7) is 11.0. The molecule has 0 saturated heterocycles. The lowest BCUT2D eigenvalue weighted by atomic mass is 10.2. The summed E-state index contributed by atoms with van der Waals surface area (Å²) in [5, 5.41) is 3.21. The van der Waals surface area contributed by atoms with Gasteiger partial charge in [0.15, 0.2) is 0 Å². The highest BCUT2D eigenvalue weighted by molar-refractivity contribution is 5.70. The zero-order chi connectivity index (χ0) is 13.9. The lowest BCUT2D eigenvalue weighted by molar-refractivity contribution is -0.154. The van der Waals surface area contributed by atoms with Crippen molar-refractivity contribution >= 4 is 5.97 Å². The number of esters is 1. The van der Waals surface area contributed by atoms with Gasteiger partial charge in [-0.1, -0.05) is 13.3 Å². The summed E-state index contributed by atoms with van der Waals surface area (Å²) < 4.78 is 10.6. The molecule has 0 aliphatic rings. The third-order valence-corrected chi connectivity index (χ3v) is 2.21. The van der Waals surface area contributed by atoms with Crippen molar-refractivity contribution in [2.75, 3.05) is 26.3 Å². The van der Waals surface area contributed by atoms with Gasteiger partial charge in [-0.25, -0.2) is 0 Å². The average molecular weight is 259 g/mol. The molecular weight excluding hydrogens is 230 g/mol. The zero-order valence-electron chi connectivity index (χ0n) is 12.4. The molecule has 0 rings (SSSR count). The largest absolute Gasteiger partial charge is 0.460 e.